The predicted octanol–water partition coefficient (Wildman–Crippen LogP) is 5.88. The summed E-state index contributed by atoms with van der Waals surface area (Å²) in [5, 5.41) is 3.94. The first kappa shape index (κ1) is 24.2. The molecule has 7 nitrogen and oxygen atoms in total. The van der Waals surface area contributed by atoms with E-state index in [-0.39, 0.29) is 26.7 Å². The number of hydrogen-bond acceptors (Lipinski definition) is 5. The van der Waals surface area contributed by atoms with Gasteiger partial charge in [-0.3, -0.25) is 19.5 Å². The number of para-hydroxylation sites is 1. The zero-order valence-corrected chi connectivity index (χ0v) is 20.7. The molecule has 0 radical (unpaired) electrons. The van der Waals surface area contributed by atoms with Crippen molar-refractivity contribution >= 4 is 67.5 Å². The van der Waals surface area contributed by atoms with Crippen LogP contribution in [0.5, 0.6) is 0 Å². The van der Waals surface area contributed by atoms with Crippen LogP contribution in [0.1, 0.15) is 28.9 Å². The second kappa shape index (κ2) is 9.76. The summed E-state index contributed by atoms with van der Waals surface area (Å²) >= 11 is 18.3. The zero-order valence-electron chi connectivity index (χ0n) is 17.6. The lowest BCUT2D eigenvalue weighted by atomic mass is 10.1. The Morgan fingerprint density at radius 3 is 2.41 bits per heavy atom. The summed E-state index contributed by atoms with van der Waals surface area (Å²) in [4.78, 5) is 21.3. The molecule has 0 aliphatic carbocycles. The van der Waals surface area contributed by atoms with Crippen LogP contribution in [-0.4, -0.2) is 24.3 Å². The highest BCUT2D eigenvalue weighted by Gasteiger charge is 2.23. The third-order valence-electron chi connectivity index (χ3n) is 5.00. The van der Waals surface area contributed by atoms with E-state index in [1.54, 1.807) is 37.3 Å². The molecular formula is C23H17Cl3N4O3S. The van der Waals surface area contributed by atoms with Crippen molar-refractivity contribution in [1.82, 2.24) is 15.3 Å². The number of fused-ring (bicyclic) bond motifs is 1. The molecule has 1 amide bonds. The number of benzene rings is 3. The van der Waals surface area contributed by atoms with E-state index in [2.05, 4.69) is 20.0 Å². The van der Waals surface area contributed by atoms with E-state index in [0.29, 0.717) is 21.1 Å². The van der Waals surface area contributed by atoms with Gasteiger partial charge >= 0.3 is 0 Å². The number of rotatable bonds is 6. The van der Waals surface area contributed by atoms with Crippen molar-refractivity contribution in [2.75, 3.05) is 4.72 Å². The summed E-state index contributed by atoms with van der Waals surface area (Å²) in [5.41, 5.74) is 1.38. The van der Waals surface area contributed by atoms with E-state index in [4.69, 9.17) is 34.8 Å². The van der Waals surface area contributed by atoms with Gasteiger partial charge in [-0.05, 0) is 55.0 Å². The number of carbonyl (C=O) groups is 1. The highest BCUT2D eigenvalue weighted by Crippen LogP contribution is 2.29. The fourth-order valence-electron chi connectivity index (χ4n) is 3.39. The number of amides is 1. The molecule has 3 aromatic carbocycles. The Hall–Kier alpha value is -2.91. The summed E-state index contributed by atoms with van der Waals surface area (Å²) < 4.78 is 28.9. The van der Waals surface area contributed by atoms with Crippen molar-refractivity contribution in [3.05, 3.63) is 93.2 Å². The Labute approximate surface area is 211 Å². The summed E-state index contributed by atoms with van der Waals surface area (Å²) in [5.74, 6) is -0.523. The number of sulfonamides is 1. The fourth-order valence-corrected chi connectivity index (χ4v) is 5.37. The summed E-state index contributed by atoms with van der Waals surface area (Å²) in [6, 6.07) is 13.4. The Balaban J connectivity index is 1.66. The molecule has 1 heterocycles. The Morgan fingerprint density at radius 1 is 0.941 bits per heavy atom. The largest absolute Gasteiger partial charge is 0.345 e. The van der Waals surface area contributed by atoms with Crippen molar-refractivity contribution in [2.24, 2.45) is 0 Å². The maximum Gasteiger partial charge on any atom is 0.264 e. The number of hydrogen-bond donors (Lipinski definition) is 2. The molecule has 2 N–H and O–H groups in total. The van der Waals surface area contributed by atoms with Crippen molar-refractivity contribution < 1.29 is 13.2 Å². The Bertz CT molecular complexity index is 1510. The van der Waals surface area contributed by atoms with E-state index < -0.39 is 22.0 Å². The van der Waals surface area contributed by atoms with Gasteiger partial charge < -0.3 is 5.32 Å². The SMILES string of the molecule is CC(NC(=O)c1ccc(Cl)cc1NS(=O)(=O)c1cccc2nccnc12)c1ccc(Cl)cc1Cl. The molecule has 1 aromatic heterocycles. The van der Waals surface area contributed by atoms with Gasteiger partial charge in [-0.1, -0.05) is 46.9 Å². The topological polar surface area (TPSA) is 101 Å². The number of carbonyl (C=O) groups excluding carboxylic acids is 1. The maximum atomic E-state index is 13.2. The third kappa shape index (κ3) is 5.10. The molecule has 0 aliphatic heterocycles. The number of nitrogens with one attached hydrogen (secondary N) is 2. The highest BCUT2D eigenvalue weighted by atomic mass is 35.5. The molecule has 0 saturated carbocycles. The minimum absolute atomic E-state index is 0.0142. The van der Waals surface area contributed by atoms with Crippen LogP contribution in [0, 0.1) is 0 Å². The van der Waals surface area contributed by atoms with Crippen molar-refractivity contribution in [2.45, 2.75) is 17.9 Å². The van der Waals surface area contributed by atoms with Gasteiger partial charge in [-0.25, -0.2) is 8.42 Å². The van der Waals surface area contributed by atoms with E-state index >= 15 is 0 Å². The number of halogens is 3. The van der Waals surface area contributed by atoms with Crippen LogP contribution in [0.15, 0.2) is 71.9 Å². The minimum atomic E-state index is -4.13. The Kier molecular flexibility index (Phi) is 6.95. The van der Waals surface area contributed by atoms with Crippen molar-refractivity contribution in [3.8, 4) is 0 Å². The highest BCUT2D eigenvalue weighted by molar-refractivity contribution is 7.93. The normalized spacial score (nSPS) is 12.4. The average molecular weight is 536 g/mol. The van der Waals surface area contributed by atoms with Crippen molar-refractivity contribution in [3.63, 3.8) is 0 Å². The molecule has 0 fully saturated rings. The van der Waals surface area contributed by atoms with Crippen molar-refractivity contribution in [1.29, 1.82) is 0 Å². The lowest BCUT2D eigenvalue weighted by Gasteiger charge is -2.18. The van der Waals surface area contributed by atoms with Crippen LogP contribution in [0.3, 0.4) is 0 Å². The van der Waals surface area contributed by atoms with E-state index in [1.807, 2.05) is 0 Å². The number of anilines is 1. The van der Waals surface area contributed by atoms with Crippen LogP contribution in [-0.2, 0) is 10.0 Å². The number of nitrogens with zero attached hydrogens (tertiary/aromatic N) is 2. The van der Waals surface area contributed by atoms with Gasteiger partial charge in [-0.2, -0.15) is 0 Å². The lowest BCUT2D eigenvalue weighted by molar-refractivity contribution is 0.0941. The summed E-state index contributed by atoms with van der Waals surface area (Å²) in [6.45, 7) is 1.75. The molecule has 174 valence electrons. The monoisotopic (exact) mass is 534 g/mol. The van der Waals surface area contributed by atoms with Gasteiger partial charge in [0.05, 0.1) is 22.8 Å². The smallest absolute Gasteiger partial charge is 0.264 e. The lowest BCUT2D eigenvalue weighted by Crippen LogP contribution is -2.28. The quantitative estimate of drug-likeness (QED) is 0.321. The van der Waals surface area contributed by atoms with Gasteiger partial charge in [-0.15, -0.1) is 0 Å². The molecule has 1 atom stereocenters. The van der Waals surface area contributed by atoms with E-state index in [0.717, 1.165) is 0 Å². The number of aromatic nitrogens is 2. The summed E-state index contributed by atoms with van der Waals surface area (Å²) in [7, 11) is -4.13. The average Bonchev–Trinajstić information content (AvgIpc) is 2.78. The second-order valence-corrected chi connectivity index (χ2v) is 10.3. The van der Waals surface area contributed by atoms with Gasteiger partial charge in [0.2, 0.25) is 0 Å². The van der Waals surface area contributed by atoms with Crippen LogP contribution < -0.4 is 10.0 Å². The molecule has 0 saturated heterocycles. The van der Waals surface area contributed by atoms with Gasteiger partial charge in [0.25, 0.3) is 15.9 Å². The van der Waals surface area contributed by atoms with Crippen LogP contribution >= 0.6 is 34.8 Å². The Morgan fingerprint density at radius 2 is 1.65 bits per heavy atom. The molecule has 4 aromatic rings. The molecule has 11 heteroatoms. The standard InChI is InChI=1S/C23H17Cl3N4O3S/c1-13(16-7-5-14(24)11-18(16)26)29-23(31)17-8-6-15(25)12-20(17)30-34(32,33)21-4-2-3-19-22(21)28-10-9-27-19/h2-13,30H,1H3,(H,29,31). The first-order valence-corrected chi connectivity index (χ1v) is 12.6. The van der Waals surface area contributed by atoms with Gasteiger partial charge in [0.1, 0.15) is 10.4 Å². The molecule has 0 aliphatic rings. The van der Waals surface area contributed by atoms with Gasteiger partial charge in [0, 0.05) is 27.5 Å². The van der Waals surface area contributed by atoms with Crippen LogP contribution in [0.2, 0.25) is 15.1 Å². The van der Waals surface area contributed by atoms with Crippen LogP contribution in [0.25, 0.3) is 11.0 Å². The fraction of sp³-hybridized carbons (Fsp3) is 0.0870. The molecule has 0 spiro atoms. The minimum Gasteiger partial charge on any atom is -0.345 e. The van der Waals surface area contributed by atoms with Crippen LogP contribution in [0.4, 0.5) is 5.69 Å². The molecule has 0 bridgehead atoms. The molecule has 1 unspecified atom stereocenters. The predicted molar refractivity (Wildman–Crippen MR) is 134 cm³/mol. The zero-order chi connectivity index (χ0) is 24.5. The third-order valence-corrected chi connectivity index (χ3v) is 7.19. The first-order chi connectivity index (χ1) is 16.2. The molecule has 4 rings (SSSR count). The molecular weight excluding hydrogens is 519 g/mol. The summed E-state index contributed by atoms with van der Waals surface area (Å²) in [6.07, 6.45) is 2.88. The maximum absolute atomic E-state index is 13.2. The second-order valence-electron chi connectivity index (χ2n) is 7.34. The van der Waals surface area contributed by atoms with E-state index in [1.165, 1.54) is 36.7 Å². The van der Waals surface area contributed by atoms with E-state index in [9.17, 15) is 13.2 Å². The molecule has 34 heavy (non-hydrogen) atoms. The first-order valence-electron chi connectivity index (χ1n) is 9.93. The van der Waals surface area contributed by atoms with Gasteiger partial charge in [0.15, 0.2) is 0 Å².